The van der Waals surface area contributed by atoms with Crippen LogP contribution in [-0.4, -0.2) is 306 Å². The fraction of sp³-hybridized carbons (Fsp3) is 0.600. The number of benzene rings is 5. The van der Waals surface area contributed by atoms with E-state index >= 15 is 0 Å². The third kappa shape index (κ3) is 47.6. The molecule has 30 heteroatoms. The molecule has 120 heavy (non-hydrogen) atoms. The van der Waals surface area contributed by atoms with Crippen molar-refractivity contribution in [3.63, 3.8) is 0 Å². The molecule has 5 rings (SSSR count). The minimum absolute atomic E-state index is 0.143. The molecule has 0 aliphatic rings. The number of anilines is 2. The fourth-order valence-electron chi connectivity index (χ4n) is 10.8. The molecule has 0 unspecified atom stereocenters. The second-order valence-electron chi connectivity index (χ2n) is 26.6. The average molecular weight is 1690 g/mol. The maximum atomic E-state index is 14.3. The van der Waals surface area contributed by atoms with Crippen molar-refractivity contribution in [2.45, 2.75) is 65.2 Å². The van der Waals surface area contributed by atoms with Crippen molar-refractivity contribution >= 4 is 47.5 Å². The van der Waals surface area contributed by atoms with Gasteiger partial charge in [0.05, 0.1) is 211 Å². The van der Waals surface area contributed by atoms with Gasteiger partial charge in [-0.3, -0.25) is 9.59 Å². The SMILES string of the molecule is CCCCCCOc1cc(/C=C/c2ccc(C(=O)Nc3cc(OCCOCCOCCOC)c(OCCOCCOCCOC)c(OCCOCCOCCOC)c3)cc2)c(OCCCCCC)cc1/C=C/c1ccc(C(=O)Nc2cc(OCCOCCOCCOC)c(OCCOCCOCCOC)c(OCCOCCOCCOC)c2)cc1. The van der Waals surface area contributed by atoms with Gasteiger partial charge in [-0.25, -0.2) is 0 Å². The molecule has 0 bridgehead atoms. The van der Waals surface area contributed by atoms with Gasteiger partial charge in [0.2, 0.25) is 11.5 Å². The van der Waals surface area contributed by atoms with Gasteiger partial charge in [0.25, 0.3) is 11.8 Å². The Hall–Kier alpha value is -7.80. The van der Waals surface area contributed by atoms with Crippen molar-refractivity contribution < 1.29 is 133 Å². The molecule has 0 aromatic heterocycles. The lowest BCUT2D eigenvalue weighted by Gasteiger charge is -2.19. The minimum atomic E-state index is -0.373. The Balaban J connectivity index is 1.40. The second-order valence-corrected chi connectivity index (χ2v) is 26.6. The number of nitrogens with one attached hydrogen (secondary N) is 2. The molecule has 2 N–H and O–H groups in total. The average Bonchev–Trinajstić information content (AvgIpc) is 0.829. The summed E-state index contributed by atoms with van der Waals surface area (Å²) in [6.45, 7) is 17.8. The molecule has 0 fully saturated rings. The Labute approximate surface area is 711 Å². The molecular weight excluding hydrogens is 1560 g/mol. The molecule has 0 saturated heterocycles. The summed E-state index contributed by atoms with van der Waals surface area (Å²) in [6.07, 6.45) is 16.2. The van der Waals surface area contributed by atoms with E-state index in [1.54, 1.807) is 91.2 Å². The van der Waals surface area contributed by atoms with Crippen LogP contribution in [0.1, 0.15) is 108 Å². The molecule has 5 aromatic carbocycles. The largest absolute Gasteiger partial charge is 0.493 e. The van der Waals surface area contributed by atoms with Crippen molar-refractivity contribution in [2.75, 3.05) is 304 Å². The molecule has 2 amide bonds. The number of amides is 2. The first-order valence-corrected chi connectivity index (χ1v) is 41.8. The highest BCUT2D eigenvalue weighted by atomic mass is 16.6. The Morgan fingerprint density at radius 2 is 0.467 bits per heavy atom. The molecule has 0 atom stereocenters. The van der Waals surface area contributed by atoms with Gasteiger partial charge in [-0.05, 0) is 60.4 Å². The number of carbonyl (C=O) groups is 2. The van der Waals surface area contributed by atoms with E-state index in [1.807, 2.05) is 60.7 Å². The lowest BCUT2D eigenvalue weighted by molar-refractivity contribution is 0.0146. The maximum Gasteiger partial charge on any atom is 0.255 e. The summed E-state index contributed by atoms with van der Waals surface area (Å²) in [7, 11) is 9.72. The maximum absolute atomic E-state index is 14.3. The first-order valence-electron chi connectivity index (χ1n) is 41.8. The highest BCUT2D eigenvalue weighted by molar-refractivity contribution is 6.05. The number of hydrogen-bond acceptors (Lipinski definition) is 28. The third-order valence-electron chi connectivity index (χ3n) is 17.2. The topological polar surface area (TPSA) is 298 Å². The summed E-state index contributed by atoms with van der Waals surface area (Å²) in [5.74, 6) is 2.46. The second kappa shape index (κ2) is 70.7. The zero-order valence-corrected chi connectivity index (χ0v) is 72.4. The molecule has 0 aliphatic carbocycles. The first kappa shape index (κ1) is 103. The zero-order chi connectivity index (χ0) is 85.4. The van der Waals surface area contributed by atoms with Gasteiger partial charge in [0.1, 0.15) is 51.1 Å². The zero-order valence-electron chi connectivity index (χ0n) is 72.4. The van der Waals surface area contributed by atoms with Crippen LogP contribution in [0.4, 0.5) is 11.4 Å². The summed E-state index contributed by atoms with van der Waals surface area (Å²) in [4.78, 5) is 28.5. The molecule has 0 aliphatic heterocycles. The van der Waals surface area contributed by atoms with E-state index in [0.717, 1.165) is 73.6 Å². The molecule has 0 spiro atoms. The monoisotopic (exact) mass is 1690 g/mol. The van der Waals surface area contributed by atoms with Crippen LogP contribution < -0.4 is 48.5 Å². The third-order valence-corrected chi connectivity index (χ3v) is 17.2. The van der Waals surface area contributed by atoms with Crippen molar-refractivity contribution in [3.05, 3.63) is 118 Å². The lowest BCUT2D eigenvalue weighted by atomic mass is 10.0. The summed E-state index contributed by atoms with van der Waals surface area (Å²) < 4.78 is 150. The quantitative estimate of drug-likeness (QED) is 0.0270. The van der Waals surface area contributed by atoms with Crippen molar-refractivity contribution in [3.8, 4) is 46.0 Å². The van der Waals surface area contributed by atoms with Gasteiger partial charge in [-0.15, -0.1) is 0 Å². The number of methoxy groups -OCH3 is 6. The van der Waals surface area contributed by atoms with Crippen molar-refractivity contribution in [1.82, 2.24) is 0 Å². The first-order chi connectivity index (χ1) is 59.2. The predicted octanol–water partition coefficient (Wildman–Crippen LogP) is 12.8. The summed E-state index contributed by atoms with van der Waals surface area (Å²) >= 11 is 0. The number of ether oxygens (including phenoxy) is 26. The van der Waals surface area contributed by atoms with Crippen LogP contribution in [0.5, 0.6) is 46.0 Å². The molecule has 0 radical (unpaired) electrons. The molecular formula is C90H136N2O28. The van der Waals surface area contributed by atoms with E-state index in [-0.39, 0.29) is 91.1 Å². The van der Waals surface area contributed by atoms with Gasteiger partial charge < -0.3 is 134 Å². The van der Waals surface area contributed by atoms with Gasteiger partial charge in [-0.2, -0.15) is 0 Å². The summed E-state index contributed by atoms with van der Waals surface area (Å²) in [6, 6.07) is 25.4. The normalized spacial score (nSPS) is 11.5. The molecule has 0 saturated carbocycles. The molecule has 674 valence electrons. The molecule has 30 nitrogen and oxygen atoms in total. The van der Waals surface area contributed by atoms with Crippen molar-refractivity contribution in [1.29, 1.82) is 0 Å². The highest BCUT2D eigenvalue weighted by Gasteiger charge is 2.22. The Bertz CT molecular complexity index is 3130. The van der Waals surface area contributed by atoms with E-state index in [2.05, 4.69) is 24.5 Å². The smallest absolute Gasteiger partial charge is 0.255 e. The van der Waals surface area contributed by atoms with Crippen LogP contribution in [-0.2, 0) is 85.3 Å². The number of unbranched alkanes of at least 4 members (excludes halogenated alkanes) is 6. The van der Waals surface area contributed by atoms with Crippen LogP contribution >= 0.6 is 0 Å². The number of carbonyl (C=O) groups excluding carboxylic acids is 2. The standard InChI is InChI=1S/C90H136N2O28/c1-9-11-13-15-29-113-81-67-78(28-22-74-19-25-76(26-20-74)90(94)92-80-71-85(117-63-57-109-51-45-103-39-33-97-5)88(120-66-60-112-54-48-106-42-36-100-8)86(72-80)118-64-58-110-52-46-104-40-34-98-6)82(114-30-16-14-12-10-2)68-77(81)27-21-73-17-23-75(24-18-73)89(93)91-79-69-83(115-61-55-107-49-43-101-37-31-95-3)87(119-65-59-111-53-47-105-41-35-99-7)84(70-79)116-62-56-108-50-44-102-38-32-96-4/h17-28,67-72H,9-16,29-66H2,1-8H3,(H,91,93)(H,92,94)/b27-21+,28-22+. The Morgan fingerprint density at radius 1 is 0.242 bits per heavy atom. The molecule has 0 heterocycles. The van der Waals surface area contributed by atoms with Gasteiger partial charge in [0, 0.05) is 101 Å². The van der Waals surface area contributed by atoms with E-state index in [9.17, 15) is 9.59 Å². The van der Waals surface area contributed by atoms with Gasteiger partial charge in [0.15, 0.2) is 23.0 Å². The number of hydrogen-bond donors (Lipinski definition) is 2. The van der Waals surface area contributed by atoms with Gasteiger partial charge in [-0.1, -0.05) is 101 Å². The molecule has 5 aromatic rings. The van der Waals surface area contributed by atoms with E-state index in [0.29, 0.717) is 240 Å². The van der Waals surface area contributed by atoms with Crippen molar-refractivity contribution in [2.24, 2.45) is 0 Å². The van der Waals surface area contributed by atoms with Crippen LogP contribution in [0.2, 0.25) is 0 Å². The number of rotatable bonds is 80. The van der Waals surface area contributed by atoms with E-state index in [1.165, 1.54) is 0 Å². The predicted molar refractivity (Wildman–Crippen MR) is 459 cm³/mol. The lowest BCUT2D eigenvalue weighted by Crippen LogP contribution is -2.16. The van der Waals surface area contributed by atoms with Crippen LogP contribution in [0.25, 0.3) is 24.3 Å². The summed E-state index contributed by atoms with van der Waals surface area (Å²) in [5.41, 5.74) is 4.89. The van der Waals surface area contributed by atoms with Crippen LogP contribution in [0, 0.1) is 0 Å². The Morgan fingerprint density at radius 3 is 0.708 bits per heavy atom. The fourth-order valence-corrected chi connectivity index (χ4v) is 10.8. The van der Waals surface area contributed by atoms with E-state index < -0.39 is 0 Å². The Kier molecular flexibility index (Phi) is 60.5. The summed E-state index contributed by atoms with van der Waals surface area (Å²) in [5, 5.41) is 6.11. The minimum Gasteiger partial charge on any atom is -0.493 e. The van der Waals surface area contributed by atoms with Crippen LogP contribution in [0.3, 0.4) is 0 Å². The van der Waals surface area contributed by atoms with E-state index in [4.69, 9.17) is 123 Å². The highest BCUT2D eigenvalue weighted by Crippen LogP contribution is 2.43. The van der Waals surface area contributed by atoms with Crippen LogP contribution in [0.15, 0.2) is 84.9 Å². The van der Waals surface area contributed by atoms with Gasteiger partial charge >= 0.3 is 0 Å².